The number of pyridine rings is 1. The summed E-state index contributed by atoms with van der Waals surface area (Å²) in [5.41, 5.74) is 1.94. The van der Waals surface area contributed by atoms with E-state index in [2.05, 4.69) is 10.3 Å². The first-order valence-electron chi connectivity index (χ1n) is 8.75. The second-order valence-corrected chi connectivity index (χ2v) is 6.69. The topological polar surface area (TPSA) is 74.7 Å². The molecule has 0 spiro atoms. The monoisotopic (exact) mass is 383 g/mol. The van der Waals surface area contributed by atoms with Crippen molar-refractivity contribution in [2.75, 3.05) is 31.4 Å². The Kier molecular flexibility index (Phi) is 5.35. The maximum Gasteiger partial charge on any atom is 0.325 e. The fraction of sp³-hybridized carbons (Fsp3) is 0.238. The average molecular weight is 383 g/mol. The molecule has 0 saturated heterocycles. The van der Waals surface area contributed by atoms with E-state index >= 15 is 0 Å². The zero-order valence-corrected chi connectivity index (χ0v) is 16.2. The number of nitrogens with one attached hydrogen (secondary N) is 1. The van der Waals surface area contributed by atoms with E-state index in [9.17, 15) is 14.3 Å². The van der Waals surface area contributed by atoms with Gasteiger partial charge in [-0.1, -0.05) is 6.07 Å². The average Bonchev–Trinajstić information content (AvgIpc) is 2.67. The predicted octanol–water partition coefficient (Wildman–Crippen LogP) is 4.00. The lowest BCUT2D eigenvalue weighted by Crippen LogP contribution is -2.26. The van der Waals surface area contributed by atoms with E-state index in [0.29, 0.717) is 28.1 Å². The van der Waals surface area contributed by atoms with Gasteiger partial charge in [0.2, 0.25) is 0 Å². The lowest BCUT2D eigenvalue weighted by Gasteiger charge is -2.18. The van der Waals surface area contributed by atoms with E-state index in [4.69, 9.17) is 4.74 Å². The van der Waals surface area contributed by atoms with Gasteiger partial charge in [0.25, 0.3) is 0 Å². The molecule has 2 N–H and O–H groups in total. The van der Waals surface area contributed by atoms with Crippen LogP contribution >= 0.6 is 0 Å². The highest BCUT2D eigenvalue weighted by Crippen LogP contribution is 2.36. The maximum absolute atomic E-state index is 14.7. The highest BCUT2D eigenvalue weighted by atomic mass is 19.1. The Bertz CT molecular complexity index is 1040. The van der Waals surface area contributed by atoms with Crippen molar-refractivity contribution in [1.29, 1.82) is 0 Å². The third kappa shape index (κ3) is 3.69. The number of hydrogen-bond acceptors (Lipinski definition) is 5. The van der Waals surface area contributed by atoms with Crippen molar-refractivity contribution in [2.24, 2.45) is 0 Å². The van der Waals surface area contributed by atoms with Crippen LogP contribution in [0.2, 0.25) is 0 Å². The van der Waals surface area contributed by atoms with Crippen LogP contribution in [0.25, 0.3) is 21.9 Å². The van der Waals surface area contributed by atoms with Gasteiger partial charge in [0.05, 0.1) is 7.11 Å². The summed E-state index contributed by atoms with van der Waals surface area (Å²) in [5.74, 6) is -0.531. The third-order valence-corrected chi connectivity index (χ3v) is 4.58. The maximum atomic E-state index is 14.7. The van der Waals surface area contributed by atoms with Crippen molar-refractivity contribution < 1.29 is 19.0 Å². The standard InChI is InChI=1S/C21H22FN3O3/c1-12(21(26)27)24-20-17-9-13(25(2)3)5-7-15(17)18(11-23-20)16-8-6-14(28-4)10-19(16)22/h5-12H,1-4H3,(H,23,24)(H,26,27). The summed E-state index contributed by atoms with van der Waals surface area (Å²) in [4.78, 5) is 17.6. The zero-order valence-electron chi connectivity index (χ0n) is 16.2. The number of anilines is 2. The number of benzene rings is 2. The molecule has 2 aromatic carbocycles. The van der Waals surface area contributed by atoms with Crippen molar-refractivity contribution in [3.05, 3.63) is 48.4 Å². The Labute approximate surface area is 162 Å². The van der Waals surface area contributed by atoms with Gasteiger partial charge in [0.15, 0.2) is 0 Å². The molecule has 0 radical (unpaired) electrons. The van der Waals surface area contributed by atoms with Crippen molar-refractivity contribution in [3.63, 3.8) is 0 Å². The van der Waals surface area contributed by atoms with Crippen LogP contribution in [0, 0.1) is 5.82 Å². The summed E-state index contributed by atoms with van der Waals surface area (Å²) in [6.45, 7) is 1.54. The smallest absolute Gasteiger partial charge is 0.325 e. The summed E-state index contributed by atoms with van der Waals surface area (Å²) in [6, 6.07) is 9.58. The number of hydrogen-bond donors (Lipinski definition) is 2. The molecule has 0 aliphatic heterocycles. The molecule has 1 atom stereocenters. The molecule has 1 aromatic heterocycles. The normalized spacial score (nSPS) is 11.9. The number of ether oxygens (including phenoxy) is 1. The molecule has 3 rings (SSSR count). The summed E-state index contributed by atoms with van der Waals surface area (Å²) < 4.78 is 19.7. The lowest BCUT2D eigenvalue weighted by molar-refractivity contribution is -0.137. The third-order valence-electron chi connectivity index (χ3n) is 4.58. The number of methoxy groups -OCH3 is 1. The number of rotatable bonds is 6. The minimum Gasteiger partial charge on any atom is -0.497 e. The molecule has 1 unspecified atom stereocenters. The van der Waals surface area contributed by atoms with Gasteiger partial charge in [0, 0.05) is 48.6 Å². The molecule has 0 amide bonds. The van der Waals surface area contributed by atoms with Crippen molar-refractivity contribution in [2.45, 2.75) is 13.0 Å². The van der Waals surface area contributed by atoms with Crippen LogP contribution in [0.3, 0.4) is 0 Å². The van der Waals surface area contributed by atoms with Crippen LogP contribution < -0.4 is 15.0 Å². The molecular formula is C21H22FN3O3. The Hall–Kier alpha value is -3.35. The van der Waals surface area contributed by atoms with Gasteiger partial charge in [-0.3, -0.25) is 4.79 Å². The fourth-order valence-electron chi connectivity index (χ4n) is 2.95. The van der Waals surface area contributed by atoms with Gasteiger partial charge < -0.3 is 20.1 Å². The van der Waals surface area contributed by atoms with Crippen LogP contribution in [0.4, 0.5) is 15.9 Å². The van der Waals surface area contributed by atoms with E-state index in [1.165, 1.54) is 13.2 Å². The summed E-state index contributed by atoms with van der Waals surface area (Å²) in [7, 11) is 5.31. The second-order valence-electron chi connectivity index (χ2n) is 6.69. The highest BCUT2D eigenvalue weighted by Gasteiger charge is 2.17. The molecule has 0 aliphatic rings. The number of carbonyl (C=O) groups is 1. The minimum atomic E-state index is -0.982. The van der Waals surface area contributed by atoms with E-state index in [1.807, 2.05) is 37.2 Å². The second kappa shape index (κ2) is 7.72. The van der Waals surface area contributed by atoms with E-state index in [-0.39, 0.29) is 0 Å². The van der Waals surface area contributed by atoms with Gasteiger partial charge in [-0.15, -0.1) is 0 Å². The molecule has 3 aromatic rings. The summed E-state index contributed by atoms with van der Waals surface area (Å²) in [5, 5.41) is 13.6. The first-order valence-corrected chi connectivity index (χ1v) is 8.75. The zero-order chi connectivity index (χ0) is 20.4. The Morgan fingerprint density at radius 1 is 1.18 bits per heavy atom. The van der Waals surface area contributed by atoms with Crippen molar-refractivity contribution >= 4 is 28.2 Å². The molecule has 0 fully saturated rings. The van der Waals surface area contributed by atoms with E-state index < -0.39 is 17.8 Å². The SMILES string of the molecule is COc1ccc(-c2cnc(NC(C)C(=O)O)c3cc(N(C)C)ccc23)c(F)c1. The molecule has 0 bridgehead atoms. The minimum absolute atomic E-state index is 0.397. The molecule has 6 nitrogen and oxygen atoms in total. The van der Waals surface area contributed by atoms with Crippen LogP contribution in [0.15, 0.2) is 42.6 Å². The number of carboxylic acid groups (broad SMARTS) is 1. The van der Waals surface area contributed by atoms with E-state index in [1.54, 1.807) is 25.3 Å². The van der Waals surface area contributed by atoms with Crippen LogP contribution in [-0.4, -0.2) is 43.3 Å². The van der Waals surface area contributed by atoms with E-state index in [0.717, 1.165) is 11.1 Å². The Morgan fingerprint density at radius 2 is 1.93 bits per heavy atom. The van der Waals surface area contributed by atoms with Crippen LogP contribution in [-0.2, 0) is 4.79 Å². The Balaban J connectivity index is 2.22. The largest absolute Gasteiger partial charge is 0.497 e. The number of fused-ring (bicyclic) bond motifs is 1. The molecule has 7 heteroatoms. The lowest BCUT2D eigenvalue weighted by atomic mass is 9.99. The number of halogens is 1. The Morgan fingerprint density at radius 3 is 2.54 bits per heavy atom. The molecule has 0 saturated carbocycles. The molecule has 28 heavy (non-hydrogen) atoms. The molecular weight excluding hydrogens is 361 g/mol. The molecule has 0 aliphatic carbocycles. The van der Waals surface area contributed by atoms with Gasteiger partial charge in [-0.2, -0.15) is 0 Å². The van der Waals surface area contributed by atoms with Crippen LogP contribution in [0.5, 0.6) is 5.75 Å². The number of aromatic nitrogens is 1. The van der Waals surface area contributed by atoms with Crippen molar-refractivity contribution in [3.8, 4) is 16.9 Å². The first kappa shape index (κ1) is 19.4. The summed E-state index contributed by atoms with van der Waals surface area (Å²) >= 11 is 0. The first-order chi connectivity index (χ1) is 13.3. The van der Waals surface area contributed by atoms with Crippen LogP contribution in [0.1, 0.15) is 6.92 Å². The van der Waals surface area contributed by atoms with Gasteiger partial charge in [-0.05, 0) is 36.6 Å². The molecule has 1 heterocycles. The summed E-state index contributed by atoms with van der Waals surface area (Å²) in [6.07, 6.45) is 1.56. The van der Waals surface area contributed by atoms with Gasteiger partial charge in [0.1, 0.15) is 23.4 Å². The highest BCUT2D eigenvalue weighted by molar-refractivity contribution is 6.03. The number of aliphatic carboxylic acids is 1. The van der Waals surface area contributed by atoms with Gasteiger partial charge in [-0.25, -0.2) is 9.37 Å². The van der Waals surface area contributed by atoms with Crippen molar-refractivity contribution in [1.82, 2.24) is 4.98 Å². The number of carboxylic acids is 1. The quantitative estimate of drug-likeness (QED) is 0.670. The number of nitrogens with zero attached hydrogens (tertiary/aromatic N) is 2. The molecule has 146 valence electrons. The van der Waals surface area contributed by atoms with Gasteiger partial charge >= 0.3 is 5.97 Å². The predicted molar refractivity (Wildman–Crippen MR) is 109 cm³/mol. The fourth-order valence-corrected chi connectivity index (χ4v) is 2.95.